The lowest BCUT2D eigenvalue weighted by atomic mass is 10.1. The summed E-state index contributed by atoms with van der Waals surface area (Å²) in [4.78, 5) is 30.5. The number of carbonyl (C=O) groups excluding carboxylic acids is 2. The van der Waals surface area contributed by atoms with Crippen molar-refractivity contribution in [3.8, 4) is 5.75 Å². The molecule has 0 N–H and O–H groups in total. The van der Waals surface area contributed by atoms with E-state index >= 15 is 0 Å². The predicted molar refractivity (Wildman–Crippen MR) is 107 cm³/mol. The van der Waals surface area contributed by atoms with Gasteiger partial charge in [-0.3, -0.25) is 9.69 Å². The first-order chi connectivity index (χ1) is 14.1. The first-order valence-corrected chi connectivity index (χ1v) is 9.26. The number of aromatic nitrogens is 2. The molecule has 148 valence electrons. The minimum absolute atomic E-state index is 0.132. The Balaban J connectivity index is 1.63. The number of ether oxygens (including phenoxy) is 2. The third kappa shape index (κ3) is 3.71. The molecule has 1 amide bonds. The van der Waals surface area contributed by atoms with Gasteiger partial charge in [0.1, 0.15) is 5.56 Å². The van der Waals surface area contributed by atoms with E-state index in [-0.39, 0.29) is 12.5 Å². The normalized spacial score (nSPS) is 13.0. The summed E-state index contributed by atoms with van der Waals surface area (Å²) in [5.74, 6) is -0.313. The zero-order valence-electron chi connectivity index (χ0n) is 16.3. The highest BCUT2D eigenvalue weighted by atomic mass is 16.5. The van der Waals surface area contributed by atoms with E-state index in [1.165, 1.54) is 12.7 Å². The van der Waals surface area contributed by atoms with Crippen molar-refractivity contribution in [1.82, 2.24) is 9.55 Å². The number of rotatable bonds is 5. The fourth-order valence-corrected chi connectivity index (χ4v) is 3.35. The third-order valence-electron chi connectivity index (χ3n) is 4.92. The van der Waals surface area contributed by atoms with E-state index in [4.69, 9.17) is 9.47 Å². The van der Waals surface area contributed by atoms with Crippen LogP contribution in [0.1, 0.15) is 27.2 Å². The summed E-state index contributed by atoms with van der Waals surface area (Å²) in [6.45, 7) is 2.90. The number of carbonyl (C=O) groups is 2. The van der Waals surface area contributed by atoms with Gasteiger partial charge >= 0.3 is 5.97 Å². The fraction of sp³-hybridized carbons (Fsp3) is 0.227. The van der Waals surface area contributed by atoms with E-state index < -0.39 is 5.97 Å². The molecule has 29 heavy (non-hydrogen) atoms. The molecular formula is C22H21N3O4. The Hall–Kier alpha value is -3.61. The molecule has 7 nitrogen and oxygen atoms in total. The molecule has 2 heterocycles. The van der Waals surface area contributed by atoms with Crippen molar-refractivity contribution in [2.24, 2.45) is 0 Å². The Morgan fingerprint density at radius 2 is 1.97 bits per heavy atom. The third-order valence-corrected chi connectivity index (χ3v) is 4.92. The number of para-hydroxylation sites is 1. The van der Waals surface area contributed by atoms with Gasteiger partial charge in [0.2, 0.25) is 0 Å². The smallest absolute Gasteiger partial charge is 0.341 e. The minimum atomic E-state index is -0.499. The molecule has 0 bridgehead atoms. The van der Waals surface area contributed by atoms with Crippen LogP contribution in [0.4, 0.5) is 5.69 Å². The Morgan fingerprint density at radius 1 is 1.17 bits per heavy atom. The SMILES string of the molecule is COC(=O)c1cccc2c1OCC(=O)N2Cc1cncn1Cc1ccc(C)cc1. The Kier molecular flexibility index (Phi) is 5.03. The molecule has 1 aliphatic rings. The second-order valence-electron chi connectivity index (χ2n) is 6.91. The van der Waals surface area contributed by atoms with E-state index in [9.17, 15) is 9.59 Å². The van der Waals surface area contributed by atoms with Crippen LogP contribution >= 0.6 is 0 Å². The van der Waals surface area contributed by atoms with Gasteiger partial charge in [-0.25, -0.2) is 9.78 Å². The lowest BCUT2D eigenvalue weighted by Crippen LogP contribution is -2.39. The molecule has 0 saturated heterocycles. The Labute approximate surface area is 168 Å². The van der Waals surface area contributed by atoms with Crippen molar-refractivity contribution in [1.29, 1.82) is 0 Å². The number of amides is 1. The monoisotopic (exact) mass is 391 g/mol. The van der Waals surface area contributed by atoms with Gasteiger partial charge in [-0.15, -0.1) is 0 Å². The van der Waals surface area contributed by atoms with Crippen molar-refractivity contribution < 1.29 is 19.1 Å². The maximum absolute atomic E-state index is 12.6. The van der Waals surface area contributed by atoms with E-state index in [2.05, 4.69) is 36.2 Å². The van der Waals surface area contributed by atoms with Crippen LogP contribution in [0.15, 0.2) is 55.0 Å². The van der Waals surface area contributed by atoms with E-state index in [0.29, 0.717) is 30.1 Å². The van der Waals surface area contributed by atoms with Crippen LogP contribution in [-0.4, -0.2) is 35.1 Å². The van der Waals surface area contributed by atoms with Gasteiger partial charge < -0.3 is 14.0 Å². The first-order valence-electron chi connectivity index (χ1n) is 9.26. The van der Waals surface area contributed by atoms with Gasteiger partial charge in [-0.05, 0) is 24.6 Å². The zero-order valence-corrected chi connectivity index (χ0v) is 16.3. The van der Waals surface area contributed by atoms with Crippen molar-refractivity contribution >= 4 is 17.6 Å². The highest BCUT2D eigenvalue weighted by Crippen LogP contribution is 2.36. The van der Waals surface area contributed by atoms with Crippen LogP contribution in [0.5, 0.6) is 5.75 Å². The lowest BCUT2D eigenvalue weighted by Gasteiger charge is -2.30. The van der Waals surface area contributed by atoms with Crippen LogP contribution in [0.2, 0.25) is 0 Å². The first kappa shape index (κ1) is 18.7. The summed E-state index contributed by atoms with van der Waals surface area (Å²) in [7, 11) is 1.32. The predicted octanol–water partition coefficient (Wildman–Crippen LogP) is 2.95. The fourth-order valence-electron chi connectivity index (χ4n) is 3.35. The number of imidazole rings is 1. The van der Waals surface area contributed by atoms with Crippen molar-refractivity contribution in [3.05, 3.63) is 77.4 Å². The number of hydrogen-bond acceptors (Lipinski definition) is 5. The van der Waals surface area contributed by atoms with Crippen molar-refractivity contribution in [2.45, 2.75) is 20.0 Å². The minimum Gasteiger partial charge on any atom is -0.481 e. The van der Waals surface area contributed by atoms with Crippen molar-refractivity contribution in [2.75, 3.05) is 18.6 Å². The van der Waals surface area contributed by atoms with Gasteiger partial charge in [-0.1, -0.05) is 35.9 Å². The van der Waals surface area contributed by atoms with Crippen LogP contribution < -0.4 is 9.64 Å². The second kappa shape index (κ2) is 7.79. The molecule has 1 aliphatic heterocycles. The van der Waals surface area contributed by atoms with Gasteiger partial charge in [0.25, 0.3) is 5.91 Å². The molecule has 0 spiro atoms. The van der Waals surface area contributed by atoms with Crippen LogP contribution in [0.25, 0.3) is 0 Å². The number of fused-ring (bicyclic) bond motifs is 1. The number of methoxy groups -OCH3 is 1. The molecule has 1 aromatic heterocycles. The number of nitrogens with zero attached hydrogens (tertiary/aromatic N) is 3. The number of aryl methyl sites for hydroxylation is 1. The molecule has 7 heteroatoms. The van der Waals surface area contributed by atoms with Crippen LogP contribution in [0.3, 0.4) is 0 Å². The quantitative estimate of drug-likeness (QED) is 0.625. The lowest BCUT2D eigenvalue weighted by molar-refractivity contribution is -0.121. The largest absolute Gasteiger partial charge is 0.481 e. The molecule has 2 aromatic carbocycles. The second-order valence-corrected chi connectivity index (χ2v) is 6.91. The molecule has 4 rings (SSSR count). The average Bonchev–Trinajstić information content (AvgIpc) is 3.17. The summed E-state index contributed by atoms with van der Waals surface area (Å²) in [6, 6.07) is 13.4. The molecule has 0 atom stereocenters. The summed E-state index contributed by atoms with van der Waals surface area (Å²) < 4.78 is 12.4. The topological polar surface area (TPSA) is 73.7 Å². The summed E-state index contributed by atoms with van der Waals surface area (Å²) in [5, 5.41) is 0. The molecular weight excluding hydrogens is 370 g/mol. The van der Waals surface area contributed by atoms with Gasteiger partial charge in [-0.2, -0.15) is 0 Å². The highest BCUT2D eigenvalue weighted by Gasteiger charge is 2.30. The molecule has 0 unspecified atom stereocenters. The van der Waals surface area contributed by atoms with E-state index in [1.54, 1.807) is 35.6 Å². The number of benzene rings is 2. The molecule has 3 aromatic rings. The average molecular weight is 391 g/mol. The summed E-state index contributed by atoms with van der Waals surface area (Å²) in [5.41, 5.74) is 4.09. The van der Waals surface area contributed by atoms with Gasteiger partial charge in [0.05, 0.1) is 31.4 Å². The maximum Gasteiger partial charge on any atom is 0.341 e. The number of hydrogen-bond donors (Lipinski definition) is 0. The maximum atomic E-state index is 12.6. The van der Waals surface area contributed by atoms with E-state index in [1.807, 2.05) is 4.57 Å². The summed E-state index contributed by atoms with van der Waals surface area (Å²) >= 11 is 0. The van der Waals surface area contributed by atoms with Crippen LogP contribution in [-0.2, 0) is 22.6 Å². The van der Waals surface area contributed by atoms with E-state index in [0.717, 1.165) is 11.3 Å². The van der Waals surface area contributed by atoms with Gasteiger partial charge in [0, 0.05) is 12.7 Å². The molecule has 0 fully saturated rings. The number of esters is 1. The highest BCUT2D eigenvalue weighted by molar-refractivity contribution is 6.02. The molecule has 0 saturated carbocycles. The van der Waals surface area contributed by atoms with Gasteiger partial charge in [0.15, 0.2) is 12.4 Å². The summed E-state index contributed by atoms with van der Waals surface area (Å²) in [6.07, 6.45) is 3.51. The Bertz CT molecular complexity index is 1060. The van der Waals surface area contributed by atoms with Crippen LogP contribution in [0, 0.1) is 6.92 Å². The molecule has 0 radical (unpaired) electrons. The zero-order chi connectivity index (χ0) is 20.4. The number of anilines is 1. The molecule has 0 aliphatic carbocycles. The standard InChI is InChI=1S/C22H21N3O4/c1-15-6-8-16(9-7-15)11-24-14-23-10-17(24)12-25-19-5-3-4-18(22(27)28-2)21(19)29-13-20(25)26/h3-10,14H,11-13H2,1-2H3. The Morgan fingerprint density at radius 3 is 2.72 bits per heavy atom. The van der Waals surface area contributed by atoms with Crippen molar-refractivity contribution in [3.63, 3.8) is 0 Å².